The molecular formula is C45H39N5O8. The predicted octanol–water partition coefficient (Wildman–Crippen LogP) is 4.48. The number of rotatable bonds is 8. The molecule has 13 nitrogen and oxygen atoms in total. The second kappa shape index (κ2) is 13.9. The second-order valence-corrected chi connectivity index (χ2v) is 14.9. The number of phenols is 1. The van der Waals surface area contributed by atoms with Crippen LogP contribution in [0.5, 0.6) is 17.2 Å². The van der Waals surface area contributed by atoms with Crippen molar-refractivity contribution in [1.29, 1.82) is 0 Å². The molecule has 0 radical (unpaired) electrons. The Labute approximate surface area is 331 Å². The summed E-state index contributed by atoms with van der Waals surface area (Å²) < 4.78 is 16.1. The van der Waals surface area contributed by atoms with Crippen LogP contribution in [0, 0.1) is 5.92 Å². The van der Waals surface area contributed by atoms with Gasteiger partial charge in [-0.2, -0.15) is 0 Å². The Kier molecular flexibility index (Phi) is 8.75. The number of aryl methyl sites for hydroxylation is 2. The van der Waals surface area contributed by atoms with Gasteiger partial charge in [0.1, 0.15) is 11.4 Å². The Balaban J connectivity index is 1.18. The maximum Gasteiger partial charge on any atom is 0.347 e. The van der Waals surface area contributed by atoms with Crippen LogP contribution in [-0.2, 0) is 41.6 Å². The predicted molar refractivity (Wildman–Crippen MR) is 215 cm³/mol. The van der Waals surface area contributed by atoms with Crippen LogP contribution in [0.3, 0.4) is 0 Å². The molecule has 1 saturated carbocycles. The molecule has 0 amide bonds. The lowest BCUT2D eigenvalue weighted by Crippen LogP contribution is -2.58. The molecule has 1 fully saturated rings. The number of hydrogen-bond acceptors (Lipinski definition) is 9. The summed E-state index contributed by atoms with van der Waals surface area (Å²) in [5, 5.41) is 11.5. The minimum absolute atomic E-state index is 0.00258. The zero-order valence-electron chi connectivity index (χ0n) is 32.0. The molecule has 3 aliphatic rings. The quantitative estimate of drug-likeness (QED) is 0.220. The average molecular weight is 778 g/mol. The summed E-state index contributed by atoms with van der Waals surface area (Å²) in [4.78, 5) is 77.1. The van der Waals surface area contributed by atoms with Crippen molar-refractivity contribution >= 4 is 28.2 Å². The molecule has 9 rings (SSSR count). The zero-order valence-corrected chi connectivity index (χ0v) is 32.0. The third-order valence-corrected chi connectivity index (χ3v) is 12.2. The fourth-order valence-electron chi connectivity index (χ4n) is 9.54. The highest BCUT2D eigenvalue weighted by Gasteiger charge is 2.63. The third-order valence-electron chi connectivity index (χ3n) is 12.2. The number of benzene rings is 4. The molecule has 0 spiro atoms. The number of fused-ring (bicyclic) bond motifs is 5. The van der Waals surface area contributed by atoms with Gasteiger partial charge in [-0.1, -0.05) is 84.9 Å². The Morgan fingerprint density at radius 1 is 0.845 bits per heavy atom. The van der Waals surface area contributed by atoms with Crippen LogP contribution in [0.4, 0.5) is 0 Å². The van der Waals surface area contributed by atoms with Crippen molar-refractivity contribution in [1.82, 2.24) is 23.5 Å². The van der Waals surface area contributed by atoms with Crippen molar-refractivity contribution in [2.75, 3.05) is 14.2 Å². The number of ether oxygens (including phenoxy) is 2. The van der Waals surface area contributed by atoms with E-state index in [0.29, 0.717) is 44.8 Å². The van der Waals surface area contributed by atoms with E-state index in [9.17, 15) is 19.5 Å². The Morgan fingerprint density at radius 3 is 2.22 bits per heavy atom. The van der Waals surface area contributed by atoms with Gasteiger partial charge in [-0.3, -0.25) is 14.4 Å². The van der Waals surface area contributed by atoms with Gasteiger partial charge >= 0.3 is 11.4 Å². The first kappa shape index (κ1) is 36.6. The second-order valence-electron chi connectivity index (χ2n) is 14.9. The molecule has 2 aliphatic carbocycles. The summed E-state index contributed by atoms with van der Waals surface area (Å²) in [6, 6.07) is 27.4. The van der Waals surface area contributed by atoms with Crippen molar-refractivity contribution in [3.05, 3.63) is 168 Å². The summed E-state index contributed by atoms with van der Waals surface area (Å²) >= 11 is 0. The molecule has 1 aliphatic heterocycles. The highest BCUT2D eigenvalue weighted by molar-refractivity contribution is 6.31. The lowest BCUT2D eigenvalue weighted by atomic mass is 9.47. The molecule has 4 unspecified atom stereocenters. The fourth-order valence-corrected chi connectivity index (χ4v) is 9.54. The van der Waals surface area contributed by atoms with Crippen molar-refractivity contribution < 1.29 is 24.2 Å². The maximum absolute atomic E-state index is 15.1. The van der Waals surface area contributed by atoms with Gasteiger partial charge < -0.3 is 19.1 Å². The van der Waals surface area contributed by atoms with Crippen LogP contribution < -0.4 is 26.4 Å². The molecule has 6 aromatic rings. The minimum atomic E-state index is -1.49. The molecule has 0 bridgehead atoms. The SMILES string of the molecule is COc1cc2nc(CCn3c(=O)n4n(c3=O)C3CC5C(=O)C(c6ccccc6)=CC(=O)C5(c5ccccc5)C(c5ccccc5O)C3=CC4)c(=O)n(C)c2cc1OC. The molecule has 58 heavy (non-hydrogen) atoms. The molecule has 292 valence electrons. The molecule has 4 atom stereocenters. The highest BCUT2D eigenvalue weighted by Crippen LogP contribution is 2.62. The number of para-hydroxylation sites is 1. The summed E-state index contributed by atoms with van der Waals surface area (Å²) in [5.74, 6) is -1.63. The van der Waals surface area contributed by atoms with E-state index < -0.39 is 40.2 Å². The summed E-state index contributed by atoms with van der Waals surface area (Å²) in [6.45, 7) is -0.149. The van der Waals surface area contributed by atoms with Crippen LogP contribution >= 0.6 is 0 Å². The largest absolute Gasteiger partial charge is 0.508 e. The van der Waals surface area contributed by atoms with Gasteiger partial charge in [0.05, 0.1) is 43.3 Å². The van der Waals surface area contributed by atoms with Gasteiger partial charge in [0.2, 0.25) is 0 Å². The van der Waals surface area contributed by atoms with E-state index in [2.05, 4.69) is 4.98 Å². The van der Waals surface area contributed by atoms with Gasteiger partial charge in [0.15, 0.2) is 23.1 Å². The van der Waals surface area contributed by atoms with E-state index in [4.69, 9.17) is 9.47 Å². The number of Topliss-reactive ketones (excluding diaryl/α,β-unsaturated/α-hetero) is 1. The number of allylic oxidation sites excluding steroid dienone is 4. The van der Waals surface area contributed by atoms with E-state index in [0.717, 1.165) is 4.57 Å². The van der Waals surface area contributed by atoms with Crippen LogP contribution in [0.1, 0.15) is 40.8 Å². The topological polar surface area (TPSA) is 157 Å². The number of nitrogens with zero attached hydrogens (tertiary/aromatic N) is 5. The molecule has 1 N–H and O–H groups in total. The van der Waals surface area contributed by atoms with Crippen molar-refractivity contribution in [2.45, 2.75) is 43.3 Å². The van der Waals surface area contributed by atoms with Crippen molar-refractivity contribution in [3.63, 3.8) is 0 Å². The van der Waals surface area contributed by atoms with E-state index in [1.807, 2.05) is 42.5 Å². The lowest BCUT2D eigenvalue weighted by Gasteiger charge is -2.54. The van der Waals surface area contributed by atoms with Crippen molar-refractivity contribution in [3.8, 4) is 17.2 Å². The Hall–Kier alpha value is -7.02. The van der Waals surface area contributed by atoms with Crippen LogP contribution in [-0.4, -0.2) is 54.4 Å². The van der Waals surface area contributed by atoms with Gasteiger partial charge in [0.25, 0.3) is 5.56 Å². The van der Waals surface area contributed by atoms with E-state index in [-0.39, 0.29) is 54.5 Å². The minimum Gasteiger partial charge on any atom is -0.508 e. The maximum atomic E-state index is 15.1. The molecule has 3 heterocycles. The molecule has 0 saturated heterocycles. The number of phenolic OH excluding ortho intramolecular Hbond substituents is 1. The summed E-state index contributed by atoms with van der Waals surface area (Å²) in [6.07, 6.45) is 3.29. The average Bonchev–Trinajstić information content (AvgIpc) is 3.50. The molecule has 13 heteroatoms. The highest BCUT2D eigenvalue weighted by atomic mass is 16.5. The molecular weight excluding hydrogens is 739 g/mol. The number of carbonyl (C=O) groups is 2. The third kappa shape index (κ3) is 5.29. The number of carbonyl (C=O) groups excluding carboxylic acids is 2. The first-order valence-electron chi connectivity index (χ1n) is 19.0. The number of hydrogen-bond donors (Lipinski definition) is 1. The fraction of sp³-hybridized carbons (Fsp3) is 0.244. The van der Waals surface area contributed by atoms with Gasteiger partial charge in [-0.25, -0.2) is 28.5 Å². The zero-order chi connectivity index (χ0) is 40.5. The Bertz CT molecular complexity index is 2920. The first-order chi connectivity index (χ1) is 28.1. The van der Waals surface area contributed by atoms with E-state index in [1.165, 1.54) is 34.2 Å². The van der Waals surface area contributed by atoms with Crippen molar-refractivity contribution in [2.24, 2.45) is 13.0 Å². The molecule has 2 aromatic heterocycles. The monoisotopic (exact) mass is 777 g/mol. The first-order valence-corrected chi connectivity index (χ1v) is 19.0. The van der Waals surface area contributed by atoms with Crippen LogP contribution in [0.15, 0.2) is 129 Å². The van der Waals surface area contributed by atoms with Crippen LogP contribution in [0.2, 0.25) is 0 Å². The number of aromatic hydroxyl groups is 1. The normalized spacial score (nSPS) is 21.1. The number of methoxy groups -OCH3 is 2. The van der Waals surface area contributed by atoms with Crippen LogP contribution in [0.25, 0.3) is 16.6 Å². The summed E-state index contributed by atoms with van der Waals surface area (Å²) in [7, 11) is 4.61. The Morgan fingerprint density at radius 2 is 1.52 bits per heavy atom. The van der Waals surface area contributed by atoms with Gasteiger partial charge in [-0.15, -0.1) is 0 Å². The standard InChI is InChI=1S/C45H39N5O8/c1-47-35-25-38(58-3)37(57-2)24-33(35)46-32(42(47)54)19-20-48-43(55)49-21-18-28-34(50(49)44(48)56)23-31-41(53)30(26-12-6-4-7-13-26)22-39(52)45(31,27-14-8-5-9-15-27)40(28)29-16-10-11-17-36(29)51/h4-18,22,24-25,31,34,40,51H,19-21,23H2,1-3H3. The lowest BCUT2D eigenvalue weighted by molar-refractivity contribution is -0.133. The van der Waals surface area contributed by atoms with Gasteiger partial charge in [0, 0.05) is 55.1 Å². The number of ketones is 2. The van der Waals surface area contributed by atoms with E-state index in [1.54, 1.807) is 67.7 Å². The number of aromatic nitrogens is 5. The smallest absolute Gasteiger partial charge is 0.347 e. The summed E-state index contributed by atoms with van der Waals surface area (Å²) in [5.41, 5.74) is 0.612. The molecule has 4 aromatic carbocycles. The van der Waals surface area contributed by atoms with Gasteiger partial charge in [-0.05, 0) is 35.3 Å². The van der Waals surface area contributed by atoms with E-state index >= 15 is 9.59 Å².